The Hall–Kier alpha value is -3.02. The van der Waals surface area contributed by atoms with E-state index < -0.39 is 0 Å². The van der Waals surface area contributed by atoms with E-state index in [1.807, 2.05) is 24.3 Å². The van der Waals surface area contributed by atoms with Gasteiger partial charge >= 0.3 is 0 Å². The van der Waals surface area contributed by atoms with Gasteiger partial charge in [0.1, 0.15) is 5.52 Å². The highest BCUT2D eigenvalue weighted by molar-refractivity contribution is 5.77. The summed E-state index contributed by atoms with van der Waals surface area (Å²) in [6, 6.07) is 17.4. The van der Waals surface area contributed by atoms with Crippen LogP contribution in [0, 0.1) is 0 Å². The number of hydrogen-bond acceptors (Lipinski definition) is 4. The summed E-state index contributed by atoms with van der Waals surface area (Å²) >= 11 is 0. The second-order valence-corrected chi connectivity index (χ2v) is 6.81. The highest BCUT2D eigenvalue weighted by atomic mass is 16.2. The first-order valence-electron chi connectivity index (χ1n) is 8.83. The van der Waals surface area contributed by atoms with E-state index in [1.54, 1.807) is 18.2 Å². The molecular formula is C20H20N4O2. The molecule has 1 fully saturated rings. The molecule has 132 valence electrons. The molecule has 0 saturated heterocycles. The molecule has 1 N–H and O–H groups in total. The minimum atomic E-state index is -0.216. The fraction of sp³-hybridized carbons (Fsp3) is 0.300. The Morgan fingerprint density at radius 1 is 1.08 bits per heavy atom. The van der Waals surface area contributed by atoms with Crippen LogP contribution in [0.15, 0.2) is 59.4 Å². The number of rotatable bonds is 6. The number of aromatic nitrogens is 3. The number of carbonyl (C=O) groups excluding carboxylic acids is 1. The first-order valence-corrected chi connectivity index (χ1v) is 8.83. The average molecular weight is 348 g/mol. The van der Waals surface area contributed by atoms with Crippen molar-refractivity contribution in [2.24, 2.45) is 0 Å². The summed E-state index contributed by atoms with van der Waals surface area (Å²) in [6.45, 7) is 0.856. The first-order chi connectivity index (χ1) is 12.7. The molecule has 6 heteroatoms. The molecule has 6 nitrogen and oxygen atoms in total. The fourth-order valence-electron chi connectivity index (χ4n) is 3.24. The Kier molecular flexibility index (Phi) is 4.24. The van der Waals surface area contributed by atoms with E-state index in [1.165, 1.54) is 10.2 Å². The van der Waals surface area contributed by atoms with E-state index in [4.69, 9.17) is 0 Å². The quantitative estimate of drug-likeness (QED) is 0.739. The molecule has 1 amide bonds. The number of benzene rings is 2. The van der Waals surface area contributed by atoms with E-state index in [0.717, 1.165) is 12.8 Å². The summed E-state index contributed by atoms with van der Waals surface area (Å²) < 4.78 is 1.26. The van der Waals surface area contributed by atoms with Crippen LogP contribution < -0.4 is 10.9 Å². The van der Waals surface area contributed by atoms with Gasteiger partial charge in [-0.15, -0.1) is 5.10 Å². The van der Waals surface area contributed by atoms with Crippen molar-refractivity contribution >= 4 is 16.8 Å². The Morgan fingerprint density at radius 2 is 1.81 bits per heavy atom. The first kappa shape index (κ1) is 16.4. The van der Waals surface area contributed by atoms with Crippen molar-refractivity contribution in [1.29, 1.82) is 0 Å². The normalized spacial score (nSPS) is 14.9. The van der Waals surface area contributed by atoms with Crippen LogP contribution in [0.25, 0.3) is 10.9 Å². The number of aryl methyl sites for hydroxylation is 1. The smallest absolute Gasteiger partial charge is 0.277 e. The van der Waals surface area contributed by atoms with Gasteiger partial charge in [-0.3, -0.25) is 9.59 Å². The Morgan fingerprint density at radius 3 is 2.58 bits per heavy atom. The maximum Gasteiger partial charge on any atom is 0.277 e. The van der Waals surface area contributed by atoms with Crippen LogP contribution in [0.5, 0.6) is 0 Å². The molecule has 0 unspecified atom stereocenters. The van der Waals surface area contributed by atoms with Gasteiger partial charge in [-0.05, 0) is 30.5 Å². The molecule has 0 aliphatic heterocycles. The van der Waals surface area contributed by atoms with Gasteiger partial charge in [0.25, 0.3) is 5.56 Å². The molecular weight excluding hydrogens is 328 g/mol. The topological polar surface area (TPSA) is 76.9 Å². The Balaban J connectivity index is 1.36. The van der Waals surface area contributed by atoms with E-state index >= 15 is 0 Å². The summed E-state index contributed by atoms with van der Waals surface area (Å²) in [6.07, 6.45) is 2.39. The predicted molar refractivity (Wildman–Crippen MR) is 98.8 cm³/mol. The van der Waals surface area contributed by atoms with E-state index in [9.17, 15) is 9.59 Å². The largest absolute Gasteiger partial charge is 0.355 e. The van der Waals surface area contributed by atoms with Gasteiger partial charge in [0.15, 0.2) is 0 Å². The molecule has 26 heavy (non-hydrogen) atoms. The average Bonchev–Trinajstić information content (AvgIpc) is 3.48. The number of amides is 1. The predicted octanol–water partition coefficient (Wildman–Crippen LogP) is 2.03. The molecule has 1 aromatic heterocycles. The summed E-state index contributed by atoms with van der Waals surface area (Å²) in [5, 5.41) is 11.5. The lowest BCUT2D eigenvalue weighted by atomic mass is 9.96. The highest BCUT2D eigenvalue weighted by Crippen LogP contribution is 2.47. The number of nitrogens with zero attached hydrogens (tertiary/aromatic N) is 3. The molecule has 0 bridgehead atoms. The van der Waals surface area contributed by atoms with Gasteiger partial charge in [-0.2, -0.15) is 0 Å². The molecule has 0 radical (unpaired) electrons. The zero-order valence-electron chi connectivity index (χ0n) is 14.4. The van der Waals surface area contributed by atoms with Gasteiger partial charge in [-0.25, -0.2) is 4.68 Å². The van der Waals surface area contributed by atoms with Gasteiger partial charge in [0.2, 0.25) is 5.91 Å². The zero-order chi connectivity index (χ0) is 18.0. The minimum absolute atomic E-state index is 0.0749. The third kappa shape index (κ3) is 3.22. The van der Waals surface area contributed by atoms with Gasteiger partial charge < -0.3 is 5.32 Å². The zero-order valence-corrected chi connectivity index (χ0v) is 14.4. The van der Waals surface area contributed by atoms with Crippen molar-refractivity contribution in [1.82, 2.24) is 20.3 Å². The van der Waals surface area contributed by atoms with Crippen molar-refractivity contribution in [2.45, 2.75) is 31.2 Å². The SMILES string of the molecule is O=C(CCn1nnc2ccccc2c1=O)NCC1(c2ccccc2)CC1. The third-order valence-electron chi connectivity index (χ3n) is 5.04. The lowest BCUT2D eigenvalue weighted by molar-refractivity contribution is -0.121. The number of carbonyl (C=O) groups is 1. The maximum atomic E-state index is 12.4. The molecule has 1 heterocycles. The highest BCUT2D eigenvalue weighted by Gasteiger charge is 2.44. The van der Waals surface area contributed by atoms with E-state index in [2.05, 4.69) is 27.8 Å². The van der Waals surface area contributed by atoms with Crippen molar-refractivity contribution in [3.8, 4) is 0 Å². The second kappa shape index (κ2) is 6.71. The number of hydrogen-bond donors (Lipinski definition) is 1. The van der Waals surface area contributed by atoms with Crippen molar-refractivity contribution in [3.05, 3.63) is 70.5 Å². The second-order valence-electron chi connectivity index (χ2n) is 6.81. The molecule has 3 aromatic rings. The number of fused-ring (bicyclic) bond motifs is 1. The Bertz CT molecular complexity index is 993. The van der Waals surface area contributed by atoms with Gasteiger partial charge in [-0.1, -0.05) is 47.7 Å². The molecule has 1 aliphatic rings. The van der Waals surface area contributed by atoms with Crippen LogP contribution >= 0.6 is 0 Å². The van der Waals surface area contributed by atoms with Crippen molar-refractivity contribution in [3.63, 3.8) is 0 Å². The van der Waals surface area contributed by atoms with Gasteiger partial charge in [0.05, 0.1) is 11.9 Å². The van der Waals surface area contributed by atoms with Crippen molar-refractivity contribution in [2.75, 3.05) is 6.54 Å². The lowest BCUT2D eigenvalue weighted by Gasteiger charge is -2.16. The minimum Gasteiger partial charge on any atom is -0.355 e. The fourth-order valence-corrected chi connectivity index (χ4v) is 3.24. The van der Waals surface area contributed by atoms with E-state index in [-0.39, 0.29) is 29.8 Å². The van der Waals surface area contributed by atoms with Crippen LogP contribution in [0.4, 0.5) is 0 Å². The summed E-state index contributed by atoms with van der Waals surface area (Å²) in [5.74, 6) is -0.0749. The third-order valence-corrected chi connectivity index (χ3v) is 5.04. The summed E-state index contributed by atoms with van der Waals surface area (Å²) in [4.78, 5) is 24.6. The molecule has 4 rings (SSSR count). The molecule has 0 spiro atoms. The van der Waals surface area contributed by atoms with Gasteiger partial charge in [0, 0.05) is 18.4 Å². The Labute approximate surface area is 150 Å². The van der Waals surface area contributed by atoms with Crippen LogP contribution in [-0.4, -0.2) is 27.4 Å². The standard InChI is InChI=1S/C20H20N4O2/c25-18(21-14-20(11-12-20)15-6-2-1-3-7-15)10-13-24-19(26)16-8-4-5-9-17(16)22-23-24/h1-9H,10-14H2,(H,21,25). The van der Waals surface area contributed by atoms with Crippen LogP contribution in [-0.2, 0) is 16.8 Å². The van der Waals surface area contributed by atoms with E-state index in [0.29, 0.717) is 17.4 Å². The molecule has 0 atom stereocenters. The number of nitrogens with one attached hydrogen (secondary N) is 1. The van der Waals surface area contributed by atoms with Crippen LogP contribution in [0.2, 0.25) is 0 Å². The monoisotopic (exact) mass is 348 g/mol. The summed E-state index contributed by atoms with van der Waals surface area (Å²) in [5.41, 5.74) is 1.70. The molecule has 1 aliphatic carbocycles. The summed E-state index contributed by atoms with van der Waals surface area (Å²) in [7, 11) is 0. The van der Waals surface area contributed by atoms with Crippen LogP contribution in [0.3, 0.4) is 0 Å². The maximum absolute atomic E-state index is 12.4. The van der Waals surface area contributed by atoms with Crippen molar-refractivity contribution < 1.29 is 4.79 Å². The molecule has 1 saturated carbocycles. The van der Waals surface area contributed by atoms with Crippen LogP contribution in [0.1, 0.15) is 24.8 Å². The molecule has 2 aromatic carbocycles. The lowest BCUT2D eigenvalue weighted by Crippen LogP contribution is -2.34.